The van der Waals surface area contributed by atoms with Gasteiger partial charge in [-0.2, -0.15) is 0 Å². The quantitative estimate of drug-likeness (QED) is 0.433. The first-order valence-electron chi connectivity index (χ1n) is 9.75. The Bertz CT molecular complexity index is 1010. The Morgan fingerprint density at radius 1 is 1.24 bits per heavy atom. The van der Waals surface area contributed by atoms with Crippen LogP contribution in [0.5, 0.6) is 0 Å². The third-order valence-electron chi connectivity index (χ3n) is 4.94. The molecule has 4 rings (SSSR count). The molecule has 8 heteroatoms. The standard InChI is InChI=1S/C21H23BrN4OS2/c1-13(2)26-20(17-11-28-18-6-4-3-5-16(17)18)24-25-21(26)29-12-19(27)23-15-9-7-14(22)8-10-15/h7-11,13H,3-6,12H2,1-2H3,(H,23,27). The van der Waals surface area contributed by atoms with Crippen molar-refractivity contribution in [3.8, 4) is 11.4 Å². The molecule has 1 N–H and O–H groups in total. The number of thioether (sulfide) groups is 1. The fourth-order valence-electron chi connectivity index (χ4n) is 3.57. The van der Waals surface area contributed by atoms with E-state index in [1.807, 2.05) is 35.6 Å². The van der Waals surface area contributed by atoms with E-state index in [9.17, 15) is 4.79 Å². The zero-order valence-electron chi connectivity index (χ0n) is 16.4. The molecular weight excluding hydrogens is 468 g/mol. The first-order chi connectivity index (χ1) is 14.0. The van der Waals surface area contributed by atoms with E-state index >= 15 is 0 Å². The normalized spacial score (nSPS) is 13.5. The molecule has 0 unspecified atom stereocenters. The van der Waals surface area contributed by atoms with Crippen molar-refractivity contribution < 1.29 is 4.79 Å². The molecule has 5 nitrogen and oxygen atoms in total. The number of carbonyl (C=O) groups excluding carboxylic acids is 1. The van der Waals surface area contributed by atoms with E-state index in [1.165, 1.54) is 47.0 Å². The van der Waals surface area contributed by atoms with Crippen LogP contribution < -0.4 is 5.32 Å². The van der Waals surface area contributed by atoms with Crippen LogP contribution in [0.15, 0.2) is 39.3 Å². The highest BCUT2D eigenvalue weighted by Crippen LogP contribution is 2.37. The Morgan fingerprint density at radius 3 is 2.76 bits per heavy atom. The number of hydrogen-bond acceptors (Lipinski definition) is 5. The number of amides is 1. The van der Waals surface area contributed by atoms with Crippen molar-refractivity contribution in [1.82, 2.24) is 14.8 Å². The van der Waals surface area contributed by atoms with Gasteiger partial charge in [0.25, 0.3) is 0 Å². The van der Waals surface area contributed by atoms with Crippen molar-refractivity contribution in [1.29, 1.82) is 0 Å². The summed E-state index contributed by atoms with van der Waals surface area (Å²) in [4.78, 5) is 13.9. The molecule has 0 aliphatic heterocycles. The number of aryl methyl sites for hydroxylation is 1. The molecule has 0 fully saturated rings. The van der Waals surface area contributed by atoms with Gasteiger partial charge < -0.3 is 5.32 Å². The summed E-state index contributed by atoms with van der Waals surface area (Å²) in [6.45, 7) is 4.27. The summed E-state index contributed by atoms with van der Waals surface area (Å²) in [5, 5.41) is 14.9. The van der Waals surface area contributed by atoms with E-state index in [2.05, 4.69) is 55.2 Å². The molecule has 1 amide bonds. The summed E-state index contributed by atoms with van der Waals surface area (Å²) in [5.74, 6) is 1.17. The molecule has 0 saturated heterocycles. The zero-order valence-corrected chi connectivity index (χ0v) is 19.7. The lowest BCUT2D eigenvalue weighted by Gasteiger charge is -2.16. The van der Waals surface area contributed by atoms with Gasteiger partial charge in [-0.15, -0.1) is 21.5 Å². The van der Waals surface area contributed by atoms with Crippen molar-refractivity contribution in [3.05, 3.63) is 44.6 Å². The van der Waals surface area contributed by atoms with Gasteiger partial charge >= 0.3 is 0 Å². The van der Waals surface area contributed by atoms with Crippen LogP contribution in [0.4, 0.5) is 5.69 Å². The van der Waals surface area contributed by atoms with Crippen LogP contribution in [-0.4, -0.2) is 26.4 Å². The number of aromatic nitrogens is 3. The number of nitrogens with one attached hydrogen (secondary N) is 1. The Kier molecular flexibility index (Phi) is 6.41. The molecule has 2 aromatic heterocycles. The minimum Gasteiger partial charge on any atom is -0.325 e. The number of hydrogen-bond donors (Lipinski definition) is 1. The van der Waals surface area contributed by atoms with Gasteiger partial charge in [0.15, 0.2) is 11.0 Å². The van der Waals surface area contributed by atoms with Gasteiger partial charge in [0, 0.05) is 32.0 Å². The highest BCUT2D eigenvalue weighted by Gasteiger charge is 2.23. The predicted molar refractivity (Wildman–Crippen MR) is 124 cm³/mol. The molecule has 0 bridgehead atoms. The van der Waals surface area contributed by atoms with E-state index in [0.717, 1.165) is 27.6 Å². The number of halogens is 1. The van der Waals surface area contributed by atoms with Crippen LogP contribution in [0.25, 0.3) is 11.4 Å². The highest BCUT2D eigenvalue weighted by molar-refractivity contribution is 9.10. The second-order valence-electron chi connectivity index (χ2n) is 7.37. The largest absolute Gasteiger partial charge is 0.325 e. The van der Waals surface area contributed by atoms with Gasteiger partial charge in [0.1, 0.15) is 0 Å². The molecule has 0 saturated carbocycles. The maximum Gasteiger partial charge on any atom is 0.234 e. The Morgan fingerprint density at radius 2 is 2.00 bits per heavy atom. The second-order valence-corrected chi connectivity index (χ2v) is 10.2. The molecule has 1 aliphatic carbocycles. The molecule has 1 aliphatic rings. The fraction of sp³-hybridized carbons (Fsp3) is 0.381. The number of benzene rings is 1. The average Bonchev–Trinajstić information content (AvgIpc) is 3.32. The molecule has 152 valence electrons. The lowest BCUT2D eigenvalue weighted by molar-refractivity contribution is -0.113. The van der Waals surface area contributed by atoms with Gasteiger partial charge in [-0.25, -0.2) is 0 Å². The highest BCUT2D eigenvalue weighted by atomic mass is 79.9. The van der Waals surface area contributed by atoms with E-state index in [-0.39, 0.29) is 11.9 Å². The van der Waals surface area contributed by atoms with Crippen LogP contribution in [0.1, 0.15) is 43.2 Å². The fourth-order valence-corrected chi connectivity index (χ4v) is 5.82. The van der Waals surface area contributed by atoms with Crippen LogP contribution in [-0.2, 0) is 17.6 Å². The Hall–Kier alpha value is -1.64. The summed E-state index contributed by atoms with van der Waals surface area (Å²) in [7, 11) is 0. The Labute approximate surface area is 187 Å². The number of rotatable bonds is 6. The van der Waals surface area contributed by atoms with Crippen molar-refractivity contribution in [2.24, 2.45) is 0 Å². The molecule has 0 atom stereocenters. The summed E-state index contributed by atoms with van der Waals surface area (Å²) in [6, 6.07) is 7.79. The van der Waals surface area contributed by atoms with Gasteiger partial charge in [0.05, 0.1) is 5.75 Å². The molecule has 0 radical (unpaired) electrons. The van der Waals surface area contributed by atoms with Gasteiger partial charge in [-0.1, -0.05) is 27.7 Å². The van der Waals surface area contributed by atoms with Crippen molar-refractivity contribution in [2.75, 3.05) is 11.1 Å². The van der Waals surface area contributed by atoms with E-state index in [1.54, 1.807) is 0 Å². The summed E-state index contributed by atoms with van der Waals surface area (Å²) < 4.78 is 3.15. The average molecular weight is 491 g/mol. The first kappa shape index (κ1) is 20.6. The smallest absolute Gasteiger partial charge is 0.234 e. The maximum absolute atomic E-state index is 12.4. The number of anilines is 1. The molecule has 3 aromatic rings. The minimum absolute atomic E-state index is 0.0508. The zero-order chi connectivity index (χ0) is 20.4. The molecule has 0 spiro atoms. The lowest BCUT2D eigenvalue weighted by atomic mass is 9.95. The van der Waals surface area contributed by atoms with Crippen molar-refractivity contribution >= 4 is 50.6 Å². The molecule has 2 heterocycles. The predicted octanol–water partition coefficient (Wildman–Crippen LogP) is 5.96. The molecule has 29 heavy (non-hydrogen) atoms. The van der Waals surface area contributed by atoms with E-state index in [0.29, 0.717) is 5.75 Å². The SMILES string of the molecule is CC(C)n1c(SCC(=O)Nc2ccc(Br)cc2)nnc1-c1csc2c1CCCC2. The summed E-state index contributed by atoms with van der Waals surface area (Å²) >= 11 is 6.68. The third kappa shape index (κ3) is 4.59. The third-order valence-corrected chi connectivity index (χ3v) is 7.50. The van der Waals surface area contributed by atoms with Crippen molar-refractivity contribution in [2.45, 2.75) is 50.7 Å². The monoisotopic (exact) mass is 490 g/mol. The number of carbonyl (C=O) groups is 1. The van der Waals surface area contributed by atoms with Crippen LogP contribution in [0, 0.1) is 0 Å². The van der Waals surface area contributed by atoms with E-state index < -0.39 is 0 Å². The van der Waals surface area contributed by atoms with Crippen LogP contribution >= 0.6 is 39.0 Å². The molecule has 1 aromatic carbocycles. The first-order valence-corrected chi connectivity index (χ1v) is 12.4. The number of thiophene rings is 1. The Balaban J connectivity index is 1.50. The van der Waals surface area contributed by atoms with Crippen LogP contribution in [0.3, 0.4) is 0 Å². The van der Waals surface area contributed by atoms with Crippen molar-refractivity contribution in [3.63, 3.8) is 0 Å². The van der Waals surface area contributed by atoms with E-state index in [4.69, 9.17) is 0 Å². The summed E-state index contributed by atoms with van der Waals surface area (Å²) in [5.41, 5.74) is 3.45. The lowest BCUT2D eigenvalue weighted by Crippen LogP contribution is -2.15. The van der Waals surface area contributed by atoms with Gasteiger partial charge in [0.2, 0.25) is 5.91 Å². The van der Waals surface area contributed by atoms with Gasteiger partial charge in [-0.3, -0.25) is 9.36 Å². The number of fused-ring (bicyclic) bond motifs is 1. The second kappa shape index (κ2) is 9.02. The number of nitrogens with zero attached hydrogens (tertiary/aromatic N) is 3. The minimum atomic E-state index is -0.0508. The maximum atomic E-state index is 12.4. The molecular formula is C21H23BrN4OS2. The van der Waals surface area contributed by atoms with Gasteiger partial charge in [-0.05, 0) is 69.4 Å². The summed E-state index contributed by atoms with van der Waals surface area (Å²) in [6.07, 6.45) is 4.81. The van der Waals surface area contributed by atoms with Crippen LogP contribution in [0.2, 0.25) is 0 Å². The topological polar surface area (TPSA) is 59.8 Å².